The molecular weight excluding hydrogens is 669 g/mol. The third kappa shape index (κ3) is 23.2. The van der Waals surface area contributed by atoms with Crippen molar-refractivity contribution >= 4 is 46.7 Å². The van der Waals surface area contributed by atoms with Gasteiger partial charge in [-0.3, -0.25) is 0 Å². The number of hydrogen-bond acceptors (Lipinski definition) is 9. The quantitative estimate of drug-likeness (QED) is 0.0488. The zero-order valence-electron chi connectivity index (χ0n) is 30.4. The fraction of sp³-hybridized carbons (Fsp3) is 1.00. The van der Waals surface area contributed by atoms with Crippen molar-refractivity contribution in [1.29, 1.82) is 0 Å². The van der Waals surface area contributed by atoms with Gasteiger partial charge in [0.1, 0.15) is 0 Å². The van der Waals surface area contributed by atoms with Crippen molar-refractivity contribution in [3.05, 3.63) is 0 Å². The molecule has 0 spiro atoms. The second-order valence-electron chi connectivity index (χ2n) is 12.8. The van der Waals surface area contributed by atoms with Gasteiger partial charge in [-0.2, -0.15) is 0 Å². The molecule has 0 aromatic rings. The lowest BCUT2D eigenvalue weighted by Gasteiger charge is -2.40. The van der Waals surface area contributed by atoms with Gasteiger partial charge in [0.05, 0.1) is 19.8 Å². The molecule has 270 valence electrons. The zero-order valence-corrected chi connectivity index (χ0v) is 35.4. The lowest BCUT2D eigenvalue weighted by molar-refractivity contribution is -0.150. The average Bonchev–Trinajstić information content (AvgIpc) is 3.02. The summed E-state index contributed by atoms with van der Waals surface area (Å²) in [6, 6.07) is 3.71. The molecule has 0 N–H and O–H groups in total. The van der Waals surface area contributed by atoms with Crippen molar-refractivity contribution in [3.63, 3.8) is 0 Å². The Kier molecular flexibility index (Phi) is 28.7. The number of unbranched alkanes of at least 4 members (excludes halogenated alkanes) is 3. The summed E-state index contributed by atoms with van der Waals surface area (Å²) in [5.74, 6) is 0. The highest BCUT2D eigenvalue weighted by atomic mass is 28.5. The first kappa shape index (κ1) is 44.7. The van der Waals surface area contributed by atoms with Crippen molar-refractivity contribution < 1.29 is 40.1 Å². The monoisotopic (exact) mass is 736 g/mol. The Bertz CT molecular complexity index is 622. The third-order valence-electron chi connectivity index (χ3n) is 7.66. The average molecular weight is 737 g/mol. The van der Waals surface area contributed by atoms with Gasteiger partial charge >= 0.3 is 9.05 Å². The van der Waals surface area contributed by atoms with Gasteiger partial charge in [0.15, 0.2) is 8.32 Å². The molecule has 0 atom stereocenters. The molecule has 1 aliphatic heterocycles. The van der Waals surface area contributed by atoms with Crippen LogP contribution in [0.4, 0.5) is 0 Å². The van der Waals surface area contributed by atoms with Crippen molar-refractivity contribution in [2.24, 2.45) is 5.41 Å². The van der Waals surface area contributed by atoms with Gasteiger partial charge in [0.25, 0.3) is 0 Å². The van der Waals surface area contributed by atoms with E-state index in [-0.39, 0.29) is 34.7 Å². The normalized spacial score (nSPS) is 15.0. The molecule has 1 heterocycles. The minimum absolute atomic E-state index is 0.215. The standard InChI is InChI=1S/C32H68O9Si5/c1-7-11-18-33-21-14-25-42-38-46(39-43-26-15-22-34-19-12-8-2,40-44-27-16-23-35-20-13-9-3)41-45(5,6)28-17-24-36-29-32(10-4)30-37-31-32/h7-31H2,1-6H3. The first-order valence-corrected chi connectivity index (χ1v) is 26.3. The van der Waals surface area contributed by atoms with Gasteiger partial charge < -0.3 is 40.1 Å². The summed E-state index contributed by atoms with van der Waals surface area (Å²) in [5.41, 5.74) is 0.215. The van der Waals surface area contributed by atoms with Crippen molar-refractivity contribution in [1.82, 2.24) is 0 Å². The maximum Gasteiger partial charge on any atom is 0.636 e. The van der Waals surface area contributed by atoms with E-state index >= 15 is 0 Å². The highest BCUT2D eigenvalue weighted by molar-refractivity contribution is 6.82. The van der Waals surface area contributed by atoms with Crippen LogP contribution in [-0.4, -0.2) is 113 Å². The Balaban J connectivity index is 2.76. The van der Waals surface area contributed by atoms with E-state index in [2.05, 4.69) is 40.8 Å². The van der Waals surface area contributed by atoms with Crippen LogP contribution >= 0.6 is 0 Å². The lowest BCUT2D eigenvalue weighted by atomic mass is 9.84. The highest BCUT2D eigenvalue weighted by Crippen LogP contribution is 2.31. The fourth-order valence-electron chi connectivity index (χ4n) is 4.39. The Labute approximate surface area is 293 Å². The Morgan fingerprint density at radius 2 is 0.978 bits per heavy atom. The van der Waals surface area contributed by atoms with Crippen LogP contribution in [0.3, 0.4) is 0 Å². The van der Waals surface area contributed by atoms with E-state index in [9.17, 15) is 0 Å². The smallest absolute Gasteiger partial charge is 0.396 e. The molecule has 1 rings (SSSR count). The molecule has 0 unspecified atom stereocenters. The maximum atomic E-state index is 6.97. The second-order valence-corrected chi connectivity index (χ2v) is 23.5. The molecule has 0 aromatic heterocycles. The predicted molar refractivity (Wildman–Crippen MR) is 194 cm³/mol. The molecule has 0 aliphatic carbocycles. The molecule has 46 heavy (non-hydrogen) atoms. The lowest BCUT2D eigenvalue weighted by Crippen LogP contribution is -2.57. The van der Waals surface area contributed by atoms with Crippen LogP contribution in [-0.2, 0) is 40.1 Å². The predicted octanol–water partition coefficient (Wildman–Crippen LogP) is 7.26. The molecule has 0 amide bonds. The minimum atomic E-state index is -3.36. The van der Waals surface area contributed by atoms with Crippen LogP contribution in [0.2, 0.25) is 37.3 Å². The Morgan fingerprint density at radius 1 is 0.565 bits per heavy atom. The van der Waals surface area contributed by atoms with Gasteiger partial charge in [-0.25, -0.2) is 0 Å². The van der Waals surface area contributed by atoms with E-state index in [4.69, 9.17) is 40.1 Å². The third-order valence-corrected chi connectivity index (χ3v) is 18.8. The molecule has 9 nitrogen and oxygen atoms in total. The summed E-state index contributed by atoms with van der Waals surface area (Å²) in [6.45, 7) is 21.2. The van der Waals surface area contributed by atoms with Crippen LogP contribution in [0.15, 0.2) is 0 Å². The van der Waals surface area contributed by atoms with E-state index in [1.165, 1.54) is 0 Å². The molecule has 1 saturated heterocycles. The highest BCUT2D eigenvalue weighted by Gasteiger charge is 2.49. The van der Waals surface area contributed by atoms with E-state index in [1.807, 2.05) is 0 Å². The maximum absolute atomic E-state index is 6.97. The summed E-state index contributed by atoms with van der Waals surface area (Å²) in [7, 11) is -4.77. The van der Waals surface area contributed by atoms with E-state index in [0.717, 1.165) is 161 Å². The van der Waals surface area contributed by atoms with Gasteiger partial charge in [0.2, 0.25) is 29.3 Å². The van der Waals surface area contributed by atoms with Crippen LogP contribution in [0.25, 0.3) is 0 Å². The van der Waals surface area contributed by atoms with Gasteiger partial charge in [-0.05, 0) is 88.6 Å². The number of rotatable bonds is 36. The largest absolute Gasteiger partial charge is 0.636 e. The minimum Gasteiger partial charge on any atom is -0.396 e. The van der Waals surface area contributed by atoms with Crippen LogP contribution in [0, 0.1) is 5.41 Å². The van der Waals surface area contributed by atoms with Crippen molar-refractivity contribution in [2.45, 2.75) is 136 Å². The summed E-state index contributed by atoms with van der Waals surface area (Å²) in [6.07, 6.45) is 11.7. The molecular formula is C32H68O9Si5. The first-order chi connectivity index (χ1) is 22.4. The van der Waals surface area contributed by atoms with Crippen LogP contribution < -0.4 is 0 Å². The number of ether oxygens (including phenoxy) is 5. The molecule has 0 saturated carbocycles. The van der Waals surface area contributed by atoms with E-state index < -0.39 is 17.4 Å². The van der Waals surface area contributed by atoms with Gasteiger partial charge in [-0.1, -0.05) is 47.0 Å². The Morgan fingerprint density at radius 3 is 1.35 bits per heavy atom. The summed E-state index contributed by atoms with van der Waals surface area (Å²) < 4.78 is 55.7. The number of hydrogen-bond donors (Lipinski definition) is 0. The van der Waals surface area contributed by atoms with E-state index in [1.54, 1.807) is 0 Å². The van der Waals surface area contributed by atoms with Crippen LogP contribution in [0.5, 0.6) is 0 Å². The first-order valence-electron chi connectivity index (χ1n) is 18.2. The zero-order chi connectivity index (χ0) is 33.7. The second kappa shape index (κ2) is 29.5. The molecule has 1 fully saturated rings. The molecule has 0 bridgehead atoms. The molecule has 0 aromatic carbocycles. The molecule has 6 radical (unpaired) electrons. The van der Waals surface area contributed by atoms with Crippen LogP contribution in [0.1, 0.15) is 98.3 Å². The SMILES string of the molecule is CCCCOCCC[Si]O[Si](O[Si]CCCOCCCC)(O[Si]CCCOCCCC)O[Si](C)(C)CCCOCC1(CC)COC1. The van der Waals surface area contributed by atoms with Gasteiger partial charge in [0, 0.05) is 51.7 Å². The summed E-state index contributed by atoms with van der Waals surface area (Å²) >= 11 is 0. The van der Waals surface area contributed by atoms with Gasteiger partial charge in [-0.15, -0.1) is 0 Å². The summed E-state index contributed by atoms with van der Waals surface area (Å²) in [5, 5.41) is 0. The van der Waals surface area contributed by atoms with Crippen molar-refractivity contribution in [3.8, 4) is 0 Å². The van der Waals surface area contributed by atoms with E-state index in [0.29, 0.717) is 0 Å². The molecule has 1 aliphatic rings. The molecule has 14 heteroatoms. The van der Waals surface area contributed by atoms with Crippen molar-refractivity contribution in [2.75, 3.05) is 66.1 Å². The summed E-state index contributed by atoms with van der Waals surface area (Å²) in [4.78, 5) is 0. The topological polar surface area (TPSA) is 83.1 Å². The Hall–Kier alpha value is 0.724. The fourth-order valence-corrected chi connectivity index (χ4v) is 16.0.